The van der Waals surface area contributed by atoms with E-state index in [9.17, 15) is 19.2 Å². The first kappa shape index (κ1) is 18.8. The van der Waals surface area contributed by atoms with E-state index in [0.29, 0.717) is 0 Å². The number of carbonyl (C=O) groups is 4. The Morgan fingerprint density at radius 1 is 1.19 bits per heavy atom. The summed E-state index contributed by atoms with van der Waals surface area (Å²) in [4.78, 5) is 44.4. The van der Waals surface area contributed by atoms with Gasteiger partial charge in [0.1, 0.15) is 12.6 Å². The number of hydrogen-bond acceptors (Lipinski definition) is 7. The fourth-order valence-electron chi connectivity index (χ4n) is 1.25. The Morgan fingerprint density at radius 3 is 2.29 bits per heavy atom. The molecule has 0 bridgehead atoms. The predicted molar refractivity (Wildman–Crippen MR) is 68.8 cm³/mol. The maximum Gasteiger partial charge on any atom is 0.307 e. The van der Waals surface area contributed by atoms with Crippen LogP contribution in [0.4, 0.5) is 0 Å². The molecule has 0 spiro atoms. The minimum absolute atomic E-state index is 0.0204. The van der Waals surface area contributed by atoms with Crippen LogP contribution in [0, 0.1) is 0 Å². The van der Waals surface area contributed by atoms with Crippen LogP contribution in [0.3, 0.4) is 0 Å². The van der Waals surface area contributed by atoms with E-state index in [-0.39, 0.29) is 13.2 Å². The van der Waals surface area contributed by atoms with Crippen molar-refractivity contribution >= 4 is 23.8 Å². The van der Waals surface area contributed by atoms with Gasteiger partial charge in [-0.2, -0.15) is 0 Å². The van der Waals surface area contributed by atoms with Crippen LogP contribution >= 0.6 is 0 Å². The third kappa shape index (κ3) is 8.55. The van der Waals surface area contributed by atoms with Crippen LogP contribution < -0.4 is 16.8 Å². The summed E-state index contributed by atoms with van der Waals surface area (Å²) in [7, 11) is 1.43. The highest BCUT2D eigenvalue weighted by Crippen LogP contribution is 1.97. The molecule has 6 N–H and O–H groups in total. The number of aliphatic carboxylic acids is 1. The largest absolute Gasteiger partial charge is 0.481 e. The topological polar surface area (TPSA) is 171 Å². The van der Waals surface area contributed by atoms with Gasteiger partial charge in [0.05, 0.1) is 25.5 Å². The van der Waals surface area contributed by atoms with Crippen LogP contribution in [0.25, 0.3) is 0 Å². The molecule has 0 rings (SSSR count). The molecule has 10 heteroatoms. The van der Waals surface area contributed by atoms with Gasteiger partial charge in [0.15, 0.2) is 0 Å². The van der Waals surface area contributed by atoms with Crippen molar-refractivity contribution in [3.05, 3.63) is 0 Å². The Bertz CT molecular complexity index is 399. The van der Waals surface area contributed by atoms with E-state index < -0.39 is 48.7 Å². The smallest absolute Gasteiger partial charge is 0.307 e. The Hall–Kier alpha value is -2.20. The van der Waals surface area contributed by atoms with Crippen molar-refractivity contribution in [2.45, 2.75) is 24.9 Å². The van der Waals surface area contributed by atoms with E-state index in [1.807, 2.05) is 0 Å². The molecule has 2 atom stereocenters. The van der Waals surface area contributed by atoms with Gasteiger partial charge in [0.2, 0.25) is 11.8 Å². The van der Waals surface area contributed by atoms with E-state index in [1.165, 1.54) is 7.11 Å². The van der Waals surface area contributed by atoms with E-state index in [0.717, 1.165) is 0 Å². The third-order valence-corrected chi connectivity index (χ3v) is 2.31. The summed E-state index contributed by atoms with van der Waals surface area (Å²) >= 11 is 0. The molecule has 2 amide bonds. The molecule has 2 unspecified atom stereocenters. The monoisotopic (exact) mass is 305 g/mol. The average Bonchev–Trinajstić information content (AvgIpc) is 2.37. The third-order valence-electron chi connectivity index (χ3n) is 2.31. The van der Waals surface area contributed by atoms with Crippen molar-refractivity contribution < 1.29 is 33.8 Å². The lowest BCUT2D eigenvalue weighted by molar-refractivity contribution is -0.147. The van der Waals surface area contributed by atoms with Gasteiger partial charge in [-0.25, -0.2) is 0 Å². The van der Waals surface area contributed by atoms with Gasteiger partial charge in [-0.05, 0) is 0 Å². The number of carbonyl (C=O) groups excluding carboxylic acids is 3. The number of nitrogens with one attached hydrogen (secondary N) is 1. The minimum atomic E-state index is -1.40. The van der Waals surface area contributed by atoms with E-state index in [2.05, 4.69) is 10.1 Å². The number of esters is 1. The molecule has 0 aromatic heterocycles. The molecule has 0 saturated heterocycles. The lowest BCUT2D eigenvalue weighted by Crippen LogP contribution is -2.51. The number of amides is 2. The molecule has 21 heavy (non-hydrogen) atoms. The summed E-state index contributed by atoms with van der Waals surface area (Å²) in [6.45, 7) is 0.224. The van der Waals surface area contributed by atoms with Gasteiger partial charge < -0.3 is 31.4 Å². The van der Waals surface area contributed by atoms with Gasteiger partial charge in [-0.1, -0.05) is 0 Å². The highest BCUT2D eigenvalue weighted by atomic mass is 16.6. The predicted octanol–water partition coefficient (Wildman–Crippen LogP) is -2.66. The van der Waals surface area contributed by atoms with Gasteiger partial charge in [0.25, 0.3) is 0 Å². The van der Waals surface area contributed by atoms with Crippen LogP contribution in [-0.2, 0) is 28.7 Å². The van der Waals surface area contributed by atoms with Crippen LogP contribution in [0.15, 0.2) is 0 Å². The molecule has 0 heterocycles. The van der Waals surface area contributed by atoms with Crippen LogP contribution in [-0.4, -0.2) is 61.3 Å². The van der Waals surface area contributed by atoms with E-state index >= 15 is 0 Å². The molecular weight excluding hydrogens is 286 g/mol. The summed E-state index contributed by atoms with van der Waals surface area (Å²) in [5.41, 5.74) is 10.4. The summed E-state index contributed by atoms with van der Waals surface area (Å²) in [5, 5.41) is 10.6. The fraction of sp³-hybridized carbons (Fsp3) is 0.636. The van der Waals surface area contributed by atoms with Crippen LogP contribution in [0.2, 0.25) is 0 Å². The molecule has 0 aliphatic heterocycles. The normalized spacial score (nSPS) is 13.0. The lowest BCUT2D eigenvalue weighted by Gasteiger charge is -2.16. The number of ether oxygens (including phenoxy) is 2. The molecule has 0 aliphatic rings. The molecular formula is C11H19N3O7. The summed E-state index contributed by atoms with van der Waals surface area (Å²) in [5.74, 6) is -3.92. The zero-order chi connectivity index (χ0) is 16.4. The van der Waals surface area contributed by atoms with Crippen LogP contribution in [0.1, 0.15) is 12.8 Å². The van der Waals surface area contributed by atoms with Gasteiger partial charge in [-0.3, -0.25) is 19.2 Å². The Labute approximate surface area is 120 Å². The molecule has 0 radical (unpaired) electrons. The van der Waals surface area contributed by atoms with Crippen molar-refractivity contribution in [1.82, 2.24) is 5.32 Å². The number of carboxylic acid groups (broad SMARTS) is 1. The highest BCUT2D eigenvalue weighted by Gasteiger charge is 2.25. The zero-order valence-corrected chi connectivity index (χ0v) is 11.5. The second-order valence-corrected chi connectivity index (χ2v) is 4.09. The molecule has 0 fully saturated rings. The van der Waals surface area contributed by atoms with Gasteiger partial charge in [-0.15, -0.1) is 0 Å². The zero-order valence-electron chi connectivity index (χ0n) is 11.5. The SMILES string of the molecule is COCCOC(=O)CC(N)C(=O)NC(CC(=O)O)C(N)=O. The molecule has 10 nitrogen and oxygen atoms in total. The van der Waals surface area contributed by atoms with Crippen molar-refractivity contribution in [3.8, 4) is 0 Å². The highest BCUT2D eigenvalue weighted by molar-refractivity contribution is 5.92. The summed E-state index contributed by atoms with van der Waals surface area (Å²) in [6, 6.07) is -2.68. The quantitative estimate of drug-likeness (QED) is 0.250. The fourth-order valence-corrected chi connectivity index (χ4v) is 1.25. The first-order chi connectivity index (χ1) is 9.77. The minimum Gasteiger partial charge on any atom is -0.481 e. The second kappa shape index (κ2) is 9.66. The summed E-state index contributed by atoms with van der Waals surface area (Å²) in [6.07, 6.45) is -1.10. The standard InChI is InChI=1S/C11H19N3O7/c1-20-2-3-21-9(17)4-6(12)11(19)14-7(10(13)18)5-8(15)16/h6-7H,2-5,12H2,1H3,(H2,13,18)(H,14,19)(H,15,16). The molecule has 0 aromatic carbocycles. The van der Waals surface area contributed by atoms with E-state index in [1.54, 1.807) is 0 Å². The Morgan fingerprint density at radius 2 is 1.81 bits per heavy atom. The van der Waals surface area contributed by atoms with Gasteiger partial charge >= 0.3 is 11.9 Å². The first-order valence-electron chi connectivity index (χ1n) is 5.99. The van der Waals surface area contributed by atoms with E-state index in [4.69, 9.17) is 21.3 Å². The van der Waals surface area contributed by atoms with Crippen molar-refractivity contribution in [2.75, 3.05) is 20.3 Å². The molecule has 0 saturated carbocycles. The first-order valence-corrected chi connectivity index (χ1v) is 5.99. The number of nitrogens with two attached hydrogens (primary N) is 2. The maximum atomic E-state index is 11.6. The molecule has 0 aliphatic carbocycles. The lowest BCUT2D eigenvalue weighted by atomic mass is 10.1. The Kier molecular flexibility index (Phi) is 8.65. The van der Waals surface area contributed by atoms with Crippen LogP contribution in [0.5, 0.6) is 0 Å². The number of hydrogen-bond donors (Lipinski definition) is 4. The number of primary amides is 1. The van der Waals surface area contributed by atoms with Crippen molar-refractivity contribution in [1.29, 1.82) is 0 Å². The number of methoxy groups -OCH3 is 1. The van der Waals surface area contributed by atoms with Crippen molar-refractivity contribution in [3.63, 3.8) is 0 Å². The number of rotatable bonds is 10. The Balaban J connectivity index is 4.32. The second-order valence-electron chi connectivity index (χ2n) is 4.09. The average molecular weight is 305 g/mol. The van der Waals surface area contributed by atoms with Crippen molar-refractivity contribution in [2.24, 2.45) is 11.5 Å². The summed E-state index contributed by atoms with van der Waals surface area (Å²) < 4.78 is 9.38. The van der Waals surface area contributed by atoms with Gasteiger partial charge in [0, 0.05) is 7.11 Å². The number of carboxylic acids is 1. The maximum absolute atomic E-state index is 11.6. The molecule has 120 valence electrons. The molecule has 0 aromatic rings.